The van der Waals surface area contributed by atoms with Crippen LogP contribution in [0.2, 0.25) is 0 Å². The minimum atomic E-state index is -0.357. The van der Waals surface area contributed by atoms with Crippen molar-refractivity contribution in [2.45, 2.75) is 112 Å². The number of carbonyl (C=O) groups is 3. The van der Waals surface area contributed by atoms with Crippen molar-refractivity contribution < 1.29 is 19.1 Å². The van der Waals surface area contributed by atoms with E-state index in [1.165, 1.54) is 12.8 Å². The highest BCUT2D eigenvalue weighted by Crippen LogP contribution is 2.24. The van der Waals surface area contributed by atoms with Crippen LogP contribution in [0.1, 0.15) is 137 Å². The van der Waals surface area contributed by atoms with Crippen LogP contribution in [-0.2, 0) is 4.74 Å². The molecule has 294 valence electrons. The van der Waals surface area contributed by atoms with Gasteiger partial charge in [0.05, 0.1) is 12.2 Å². The van der Waals surface area contributed by atoms with Crippen LogP contribution >= 0.6 is 0 Å². The summed E-state index contributed by atoms with van der Waals surface area (Å²) >= 11 is 0. The fraction of sp³-hybridized carbons (Fsp3) is 0.455. The van der Waals surface area contributed by atoms with Gasteiger partial charge < -0.3 is 26.0 Å². The van der Waals surface area contributed by atoms with Crippen molar-refractivity contribution in [1.82, 2.24) is 20.3 Å². The molecule has 3 aromatic carbocycles. The summed E-state index contributed by atoms with van der Waals surface area (Å²) in [5.41, 5.74) is 3.35. The van der Waals surface area contributed by atoms with Crippen LogP contribution in [-0.4, -0.2) is 44.8 Å². The van der Waals surface area contributed by atoms with Gasteiger partial charge in [0.25, 0.3) is 5.91 Å². The first-order valence-corrected chi connectivity index (χ1v) is 19.8. The highest BCUT2D eigenvalue weighted by Gasteiger charge is 2.19. The fourth-order valence-electron chi connectivity index (χ4n) is 6.11. The van der Waals surface area contributed by atoms with E-state index >= 15 is 0 Å². The molecular formula is C44H59N7O4. The molecule has 0 fully saturated rings. The number of aromatic nitrogens is 3. The number of esters is 1. The molecule has 11 nitrogen and oxygen atoms in total. The highest BCUT2D eigenvalue weighted by molar-refractivity contribution is 5.98. The zero-order valence-corrected chi connectivity index (χ0v) is 33.6. The average molecular weight is 750 g/mol. The van der Waals surface area contributed by atoms with Crippen molar-refractivity contribution in [3.05, 3.63) is 89.5 Å². The van der Waals surface area contributed by atoms with Crippen LogP contribution in [0.15, 0.2) is 72.8 Å². The molecule has 0 spiro atoms. The number of carbonyl (C=O) groups excluding carboxylic acids is 3. The van der Waals surface area contributed by atoms with E-state index in [-0.39, 0.29) is 47.0 Å². The molecular weight excluding hydrogens is 691 g/mol. The number of hydrogen-bond acceptors (Lipinski definition) is 10. The van der Waals surface area contributed by atoms with Crippen molar-refractivity contribution in [1.29, 1.82) is 0 Å². The lowest BCUT2D eigenvalue weighted by molar-refractivity contribution is 0.0479. The number of ketones is 1. The van der Waals surface area contributed by atoms with E-state index in [2.05, 4.69) is 63.9 Å². The zero-order valence-electron chi connectivity index (χ0n) is 33.6. The monoisotopic (exact) mass is 749 g/mol. The molecule has 0 saturated heterocycles. The molecule has 0 radical (unpaired) electrons. The van der Waals surface area contributed by atoms with Gasteiger partial charge in [0, 0.05) is 39.6 Å². The first-order chi connectivity index (χ1) is 26.4. The third kappa shape index (κ3) is 13.8. The number of rotatable bonds is 21. The predicted molar refractivity (Wildman–Crippen MR) is 222 cm³/mol. The van der Waals surface area contributed by atoms with Gasteiger partial charge in [0.15, 0.2) is 5.78 Å². The highest BCUT2D eigenvalue weighted by atomic mass is 16.5. The van der Waals surface area contributed by atoms with E-state index in [0.29, 0.717) is 46.3 Å². The number of unbranched alkanes of at least 4 members (excludes halogenated alkanes) is 2. The smallest absolute Gasteiger partial charge is 0.338 e. The summed E-state index contributed by atoms with van der Waals surface area (Å²) in [5, 5.41) is 12.7. The van der Waals surface area contributed by atoms with Crippen LogP contribution in [0.3, 0.4) is 0 Å². The minimum absolute atomic E-state index is 0.0140. The normalized spacial score (nSPS) is 12.3. The summed E-state index contributed by atoms with van der Waals surface area (Å²) < 4.78 is 5.59. The zero-order chi connectivity index (χ0) is 39.8. The van der Waals surface area contributed by atoms with Crippen LogP contribution < -0.4 is 21.3 Å². The van der Waals surface area contributed by atoms with E-state index in [1.54, 1.807) is 48.5 Å². The maximum Gasteiger partial charge on any atom is 0.338 e. The van der Waals surface area contributed by atoms with Gasteiger partial charge in [0.1, 0.15) is 0 Å². The molecule has 4 N–H and O–H groups in total. The number of hydrogen-bond donors (Lipinski definition) is 4. The number of Topliss-reactive ketones (excluding diaryl/α,β-unsaturated/α-hetero) is 1. The number of nitrogens with one attached hydrogen (secondary N) is 4. The van der Waals surface area contributed by atoms with Crippen molar-refractivity contribution in [2.24, 2.45) is 11.8 Å². The Kier molecular flexibility index (Phi) is 16.2. The second-order valence-electron chi connectivity index (χ2n) is 15.1. The van der Waals surface area contributed by atoms with Crippen molar-refractivity contribution in [2.75, 3.05) is 22.6 Å². The molecule has 4 rings (SSSR count). The van der Waals surface area contributed by atoms with E-state index in [0.717, 1.165) is 44.9 Å². The van der Waals surface area contributed by atoms with Crippen molar-refractivity contribution in [3.8, 4) is 0 Å². The van der Waals surface area contributed by atoms with Crippen molar-refractivity contribution in [3.63, 3.8) is 0 Å². The number of nitrogens with zero attached hydrogens (tertiary/aromatic N) is 3. The van der Waals surface area contributed by atoms with Gasteiger partial charge in [-0.2, -0.15) is 15.0 Å². The van der Waals surface area contributed by atoms with E-state index < -0.39 is 0 Å². The molecule has 0 saturated carbocycles. The lowest BCUT2D eigenvalue weighted by Gasteiger charge is -2.20. The van der Waals surface area contributed by atoms with Gasteiger partial charge >= 0.3 is 5.97 Å². The molecule has 1 heterocycles. The summed E-state index contributed by atoms with van der Waals surface area (Å²) in [4.78, 5) is 52.4. The molecule has 0 bridgehead atoms. The van der Waals surface area contributed by atoms with Crippen LogP contribution in [0, 0.1) is 11.8 Å². The van der Waals surface area contributed by atoms with E-state index in [4.69, 9.17) is 4.74 Å². The van der Waals surface area contributed by atoms with Gasteiger partial charge in [-0.1, -0.05) is 66.2 Å². The molecule has 0 aliphatic heterocycles. The van der Waals surface area contributed by atoms with Gasteiger partial charge in [-0.15, -0.1) is 0 Å². The van der Waals surface area contributed by atoms with E-state index in [1.807, 2.05) is 45.0 Å². The Labute approximate surface area is 326 Å². The first-order valence-electron chi connectivity index (χ1n) is 19.8. The van der Waals surface area contributed by atoms with Crippen LogP contribution in [0.5, 0.6) is 0 Å². The van der Waals surface area contributed by atoms with Crippen molar-refractivity contribution >= 4 is 52.6 Å². The summed E-state index contributed by atoms with van der Waals surface area (Å²) in [5.74, 6) is 0.995. The predicted octanol–water partition coefficient (Wildman–Crippen LogP) is 10.8. The molecule has 11 heteroatoms. The van der Waals surface area contributed by atoms with Crippen LogP contribution in [0.25, 0.3) is 0 Å². The number of amides is 1. The fourth-order valence-corrected chi connectivity index (χ4v) is 6.11. The second-order valence-corrected chi connectivity index (χ2v) is 15.1. The van der Waals surface area contributed by atoms with Gasteiger partial charge in [-0.05, 0) is 119 Å². The van der Waals surface area contributed by atoms with Gasteiger partial charge in [-0.3, -0.25) is 9.59 Å². The van der Waals surface area contributed by atoms with E-state index in [9.17, 15) is 14.4 Å². The Morgan fingerprint density at radius 3 is 1.49 bits per heavy atom. The molecule has 1 aromatic heterocycles. The molecule has 55 heavy (non-hydrogen) atoms. The Hall–Kier alpha value is -5.32. The topological polar surface area (TPSA) is 147 Å². The molecule has 0 aliphatic rings. The Balaban J connectivity index is 1.51. The Morgan fingerprint density at radius 1 is 0.600 bits per heavy atom. The van der Waals surface area contributed by atoms with Gasteiger partial charge in [-0.25, -0.2) is 4.79 Å². The maximum absolute atomic E-state index is 13.2. The quantitative estimate of drug-likeness (QED) is 0.0479. The maximum atomic E-state index is 13.2. The number of anilines is 6. The van der Waals surface area contributed by atoms with Crippen LogP contribution in [0.4, 0.5) is 34.9 Å². The lowest BCUT2D eigenvalue weighted by atomic mass is 9.90. The number of benzene rings is 3. The lowest BCUT2D eigenvalue weighted by Crippen LogP contribution is -2.40. The largest absolute Gasteiger partial charge is 0.462 e. The third-order valence-electron chi connectivity index (χ3n) is 9.40. The molecule has 0 aliphatic carbocycles. The van der Waals surface area contributed by atoms with Gasteiger partial charge in [0.2, 0.25) is 17.8 Å². The summed E-state index contributed by atoms with van der Waals surface area (Å²) in [6.45, 7) is 14.8. The number of ether oxygens (including phenoxy) is 1. The molecule has 4 aromatic rings. The minimum Gasteiger partial charge on any atom is -0.462 e. The summed E-state index contributed by atoms with van der Waals surface area (Å²) in [6.07, 6.45) is 9.26. The molecule has 2 atom stereocenters. The molecule has 2 unspecified atom stereocenters. The third-order valence-corrected chi connectivity index (χ3v) is 9.40. The first kappa shape index (κ1) is 42.4. The summed E-state index contributed by atoms with van der Waals surface area (Å²) in [7, 11) is 0. The average Bonchev–Trinajstić information content (AvgIpc) is 3.16. The Morgan fingerprint density at radius 2 is 1.05 bits per heavy atom. The summed E-state index contributed by atoms with van der Waals surface area (Å²) in [6, 6.07) is 21.4. The standard InChI is InChI=1S/C44H59N7O4/c1-8-12-14-30(10-3)28-29-55-40(54)34-20-26-37(27-21-34)47-43-49-41(45-35-22-16-32(17-23-35)38(52)31(11-4)15-13-9-2)48-42(50-43)46-36-24-18-33(19-25-36)39(53)51-44(5,6)7/h16-27,30-31H,8-15,28-29H2,1-7H3,(H,51,53)(H3,45,46,47,48,49,50). The molecule has 1 amide bonds. The SMILES string of the molecule is CCCCC(CC)CCOC(=O)c1ccc(Nc2nc(Nc3ccc(C(=O)NC(C)(C)C)cc3)nc(Nc3ccc(C(=O)C(CC)CCCC)cc3)n2)cc1. The Bertz CT molecular complexity index is 1820. The second kappa shape index (κ2) is 21.0.